The lowest BCUT2D eigenvalue weighted by Gasteiger charge is -2.29. The summed E-state index contributed by atoms with van der Waals surface area (Å²) in [5.41, 5.74) is 8.34. The second kappa shape index (κ2) is 13.6. The van der Waals surface area contributed by atoms with Crippen molar-refractivity contribution in [3.63, 3.8) is 0 Å². The summed E-state index contributed by atoms with van der Waals surface area (Å²) in [5.74, 6) is 9.95. The average molecular weight is 409 g/mol. The number of hydrazine groups is 1. The number of unbranched alkanes of at least 4 members (excludes halogenated alkanes) is 3. The van der Waals surface area contributed by atoms with Crippen LogP contribution in [-0.2, 0) is 9.59 Å². The Morgan fingerprint density at radius 2 is 2.10 bits per heavy atom. The molecule has 10 nitrogen and oxygen atoms in total. The number of amides is 2. The maximum absolute atomic E-state index is 12.7. The van der Waals surface area contributed by atoms with Gasteiger partial charge in [-0.3, -0.25) is 20.3 Å². The van der Waals surface area contributed by atoms with Crippen molar-refractivity contribution in [2.45, 2.75) is 64.0 Å². The number of hydrogen-bond acceptors (Lipinski definition) is 7. The molecule has 0 aliphatic carbocycles. The van der Waals surface area contributed by atoms with Gasteiger partial charge in [0, 0.05) is 12.2 Å². The number of carbonyl (C=O) groups excluding carboxylic acids is 2. The van der Waals surface area contributed by atoms with Crippen molar-refractivity contribution in [1.82, 2.24) is 21.0 Å². The number of hydrazone groups is 1. The predicted octanol–water partition coefficient (Wildman–Crippen LogP) is -0.256. The zero-order valence-electron chi connectivity index (χ0n) is 17.3. The zero-order chi connectivity index (χ0) is 21.6. The van der Waals surface area contributed by atoms with Crippen molar-refractivity contribution in [3.05, 3.63) is 24.4 Å². The van der Waals surface area contributed by atoms with E-state index in [1.54, 1.807) is 4.90 Å². The minimum atomic E-state index is -0.620. The molecule has 0 aromatic rings. The molecule has 1 saturated heterocycles. The molecule has 2 atom stereocenters. The molecule has 9 N–H and O–H groups in total. The van der Waals surface area contributed by atoms with Crippen molar-refractivity contribution in [1.29, 1.82) is 0 Å². The smallest absolute Gasteiger partial charge is 0.249 e. The maximum atomic E-state index is 12.7. The Bertz CT molecular complexity index is 605. The van der Waals surface area contributed by atoms with E-state index in [-0.39, 0.29) is 30.4 Å². The van der Waals surface area contributed by atoms with Crippen LogP contribution in [0.3, 0.4) is 0 Å². The fourth-order valence-electron chi connectivity index (χ4n) is 3.27. The van der Waals surface area contributed by atoms with Crippen LogP contribution >= 0.6 is 0 Å². The van der Waals surface area contributed by atoms with Gasteiger partial charge in [-0.25, -0.2) is 5.84 Å². The molecule has 0 spiro atoms. The quantitative estimate of drug-likeness (QED) is 0.0685. The summed E-state index contributed by atoms with van der Waals surface area (Å²) < 4.78 is 0. The fraction of sp³-hybridized carbons (Fsp3) is 0.632. The van der Waals surface area contributed by atoms with Crippen LogP contribution in [0, 0.1) is 0 Å². The second-order valence-electron chi connectivity index (χ2n) is 6.99. The molecular weight excluding hydrogens is 372 g/mol. The Balaban J connectivity index is 2.79. The first-order valence-electron chi connectivity index (χ1n) is 10.1. The van der Waals surface area contributed by atoms with Crippen LogP contribution < -0.4 is 33.5 Å². The van der Waals surface area contributed by atoms with Crippen LogP contribution in [0.1, 0.15) is 51.9 Å². The highest BCUT2D eigenvalue weighted by atomic mass is 16.2. The van der Waals surface area contributed by atoms with Gasteiger partial charge in [0.05, 0.1) is 12.6 Å². The number of carbonyl (C=O) groups is 2. The fourth-order valence-corrected chi connectivity index (χ4v) is 3.27. The third-order valence-electron chi connectivity index (χ3n) is 4.85. The molecule has 2 amide bonds. The van der Waals surface area contributed by atoms with Gasteiger partial charge in [-0.1, -0.05) is 38.5 Å². The van der Waals surface area contributed by atoms with Crippen molar-refractivity contribution in [2.24, 2.45) is 22.5 Å². The summed E-state index contributed by atoms with van der Waals surface area (Å²) in [6, 6.07) is -0.810. The van der Waals surface area contributed by atoms with Gasteiger partial charge in [0.25, 0.3) is 0 Å². The van der Waals surface area contributed by atoms with E-state index in [0.29, 0.717) is 18.7 Å². The standard InChI is InChI=1S/C19H36N8O2/c1-3-4-5-6-7-8-10-15(18(29)24-19(25-21)26-22)23-14(2)16-11-9-12-27(16)17(28)13-20/h7-8,15-16,23H,2-6,9-13,20-22H2,1H3,(H2,24,25,26,29)/b8-7-. The van der Waals surface area contributed by atoms with Crippen LogP contribution in [0.25, 0.3) is 0 Å². The molecule has 0 aromatic heterocycles. The van der Waals surface area contributed by atoms with Gasteiger partial charge in [-0.2, -0.15) is 0 Å². The highest BCUT2D eigenvalue weighted by Gasteiger charge is 2.31. The van der Waals surface area contributed by atoms with Gasteiger partial charge in [0.2, 0.25) is 17.8 Å². The number of likely N-dealkylation sites (tertiary alicyclic amines) is 1. The minimum absolute atomic E-state index is 0.0415. The molecule has 1 rings (SSSR count). The molecule has 1 heterocycles. The summed E-state index contributed by atoms with van der Waals surface area (Å²) in [4.78, 5) is 26.4. The van der Waals surface area contributed by atoms with Gasteiger partial charge in [0.15, 0.2) is 0 Å². The summed E-state index contributed by atoms with van der Waals surface area (Å²) in [5, 5.41) is 9.07. The lowest BCUT2D eigenvalue weighted by molar-refractivity contribution is -0.129. The lowest BCUT2D eigenvalue weighted by atomic mass is 10.1. The van der Waals surface area contributed by atoms with E-state index in [1.807, 2.05) is 6.08 Å². The Morgan fingerprint density at radius 1 is 1.34 bits per heavy atom. The second-order valence-corrected chi connectivity index (χ2v) is 6.99. The number of nitrogens with one attached hydrogen (secondary N) is 3. The summed E-state index contributed by atoms with van der Waals surface area (Å²) in [7, 11) is 0. The highest BCUT2D eigenvalue weighted by Crippen LogP contribution is 2.22. The van der Waals surface area contributed by atoms with E-state index < -0.39 is 6.04 Å². The van der Waals surface area contributed by atoms with Crippen LogP contribution in [0.5, 0.6) is 0 Å². The summed E-state index contributed by atoms with van der Waals surface area (Å²) in [6.07, 6.45) is 10.5. The molecule has 0 radical (unpaired) electrons. The topological polar surface area (TPSA) is 164 Å². The number of nitrogens with zero attached hydrogens (tertiary/aromatic N) is 2. The molecule has 1 fully saturated rings. The van der Waals surface area contributed by atoms with E-state index >= 15 is 0 Å². The Morgan fingerprint density at radius 3 is 2.72 bits per heavy atom. The van der Waals surface area contributed by atoms with E-state index in [0.717, 1.165) is 32.1 Å². The van der Waals surface area contributed by atoms with Crippen LogP contribution in [0.2, 0.25) is 0 Å². The number of nitrogens with two attached hydrogens (primary N) is 3. The van der Waals surface area contributed by atoms with Gasteiger partial charge in [0.1, 0.15) is 6.04 Å². The molecule has 29 heavy (non-hydrogen) atoms. The lowest BCUT2D eigenvalue weighted by Crippen LogP contribution is -2.53. The molecule has 1 aliphatic rings. The average Bonchev–Trinajstić information content (AvgIpc) is 3.22. The molecule has 2 unspecified atom stereocenters. The number of rotatable bonds is 11. The van der Waals surface area contributed by atoms with Crippen LogP contribution in [0.15, 0.2) is 29.5 Å². The van der Waals surface area contributed by atoms with Crippen molar-refractivity contribution in [3.8, 4) is 0 Å². The van der Waals surface area contributed by atoms with E-state index in [9.17, 15) is 9.59 Å². The van der Waals surface area contributed by atoms with Gasteiger partial charge < -0.3 is 21.8 Å². The maximum Gasteiger partial charge on any atom is 0.249 e. The third-order valence-corrected chi connectivity index (χ3v) is 4.85. The first-order valence-corrected chi connectivity index (χ1v) is 10.1. The van der Waals surface area contributed by atoms with Crippen LogP contribution in [-0.4, -0.2) is 47.8 Å². The molecule has 0 aromatic carbocycles. The molecule has 10 heteroatoms. The van der Waals surface area contributed by atoms with Crippen molar-refractivity contribution >= 4 is 17.8 Å². The number of hydrogen-bond donors (Lipinski definition) is 6. The van der Waals surface area contributed by atoms with Crippen molar-refractivity contribution < 1.29 is 9.59 Å². The van der Waals surface area contributed by atoms with E-state index in [2.05, 4.69) is 40.7 Å². The Hall–Kier alpha value is -2.59. The number of allylic oxidation sites excluding steroid dienone is 1. The zero-order valence-corrected chi connectivity index (χ0v) is 17.3. The SMILES string of the molecule is C=C(NC(C/C=C\CCCCC)C(=O)N/C(=N/N)NN)C1CCCN1C(=O)CN. The van der Waals surface area contributed by atoms with Gasteiger partial charge in [-0.05, 0) is 32.1 Å². The minimum Gasteiger partial charge on any atom is -0.376 e. The molecule has 0 bridgehead atoms. The number of guanidine groups is 1. The molecule has 1 aliphatic heterocycles. The molecular formula is C19H36N8O2. The first kappa shape index (κ1) is 24.4. The van der Waals surface area contributed by atoms with E-state index in [4.69, 9.17) is 17.4 Å². The molecule has 164 valence electrons. The largest absolute Gasteiger partial charge is 0.376 e. The monoisotopic (exact) mass is 408 g/mol. The highest BCUT2D eigenvalue weighted by molar-refractivity contribution is 5.99. The third kappa shape index (κ3) is 8.12. The first-order chi connectivity index (χ1) is 14.0. The van der Waals surface area contributed by atoms with Crippen LogP contribution in [0.4, 0.5) is 0 Å². The van der Waals surface area contributed by atoms with Gasteiger partial charge in [-0.15, -0.1) is 5.10 Å². The Kier molecular flexibility index (Phi) is 11.4. The molecule has 0 saturated carbocycles. The predicted molar refractivity (Wildman–Crippen MR) is 115 cm³/mol. The summed E-state index contributed by atoms with van der Waals surface area (Å²) >= 11 is 0. The summed E-state index contributed by atoms with van der Waals surface area (Å²) in [6.45, 7) is 6.81. The normalized spacial score (nSPS) is 18.0. The van der Waals surface area contributed by atoms with Crippen molar-refractivity contribution in [2.75, 3.05) is 13.1 Å². The van der Waals surface area contributed by atoms with E-state index in [1.165, 1.54) is 6.42 Å². The van der Waals surface area contributed by atoms with Gasteiger partial charge >= 0.3 is 0 Å². The Labute approximate surface area is 173 Å².